The molecule has 4 heteroatoms. The predicted octanol–water partition coefficient (Wildman–Crippen LogP) is 1.71. The van der Waals surface area contributed by atoms with E-state index < -0.39 is 5.97 Å². The Morgan fingerprint density at radius 3 is 2.84 bits per heavy atom. The van der Waals surface area contributed by atoms with Gasteiger partial charge in [-0.05, 0) is 25.5 Å². The molecule has 1 aliphatic rings. The smallest absolute Gasteiger partial charge is 0.304 e. The molecule has 0 radical (unpaired) electrons. The van der Waals surface area contributed by atoms with Crippen LogP contribution in [0, 0.1) is 0 Å². The summed E-state index contributed by atoms with van der Waals surface area (Å²) in [5.74, 6) is -0.730. The van der Waals surface area contributed by atoms with E-state index in [1.54, 1.807) is 0 Å². The van der Waals surface area contributed by atoms with Crippen LogP contribution in [0.5, 0.6) is 0 Å². The summed E-state index contributed by atoms with van der Waals surface area (Å²) in [7, 11) is 0. The number of carboxylic acids is 1. The van der Waals surface area contributed by atoms with Gasteiger partial charge in [-0.1, -0.05) is 30.3 Å². The molecule has 0 aliphatic carbocycles. The molecule has 1 fully saturated rings. The third-order valence-electron chi connectivity index (χ3n) is 3.72. The first kappa shape index (κ1) is 14.0. The van der Waals surface area contributed by atoms with Crippen LogP contribution in [0.25, 0.3) is 0 Å². The largest absolute Gasteiger partial charge is 0.481 e. The quantitative estimate of drug-likeness (QED) is 0.867. The lowest BCUT2D eigenvalue weighted by molar-refractivity contribution is -0.137. The summed E-state index contributed by atoms with van der Waals surface area (Å²) in [4.78, 5) is 13.2. The van der Waals surface area contributed by atoms with E-state index in [4.69, 9.17) is 5.11 Å². The summed E-state index contributed by atoms with van der Waals surface area (Å²) in [6.45, 7) is 4.79. The van der Waals surface area contributed by atoms with E-state index >= 15 is 0 Å². The van der Waals surface area contributed by atoms with E-state index in [0.29, 0.717) is 6.04 Å². The van der Waals surface area contributed by atoms with Gasteiger partial charge in [-0.25, -0.2) is 0 Å². The lowest BCUT2D eigenvalue weighted by Crippen LogP contribution is -2.40. The van der Waals surface area contributed by atoms with Crippen molar-refractivity contribution < 1.29 is 9.90 Å². The van der Waals surface area contributed by atoms with Crippen LogP contribution in [0.2, 0.25) is 0 Å². The molecule has 0 spiro atoms. The summed E-state index contributed by atoms with van der Waals surface area (Å²) in [5, 5.41) is 12.3. The number of hydrogen-bond donors (Lipinski definition) is 2. The van der Waals surface area contributed by atoms with Crippen molar-refractivity contribution in [3.63, 3.8) is 0 Å². The average molecular weight is 262 g/mol. The van der Waals surface area contributed by atoms with Crippen molar-refractivity contribution in [3.05, 3.63) is 35.9 Å². The van der Waals surface area contributed by atoms with Crippen LogP contribution in [-0.2, 0) is 11.3 Å². The van der Waals surface area contributed by atoms with Crippen molar-refractivity contribution in [1.82, 2.24) is 10.2 Å². The molecule has 2 unspecified atom stereocenters. The maximum atomic E-state index is 10.9. The first-order chi connectivity index (χ1) is 9.15. The molecule has 2 atom stereocenters. The second-order valence-corrected chi connectivity index (χ2v) is 5.30. The highest BCUT2D eigenvalue weighted by molar-refractivity contribution is 5.67. The molecule has 1 aliphatic heterocycles. The molecular weight excluding hydrogens is 240 g/mol. The van der Waals surface area contributed by atoms with Crippen molar-refractivity contribution in [1.29, 1.82) is 0 Å². The van der Waals surface area contributed by atoms with E-state index in [0.717, 1.165) is 26.1 Å². The lowest BCUT2D eigenvalue weighted by atomic mass is 10.1. The molecule has 104 valence electrons. The fourth-order valence-corrected chi connectivity index (χ4v) is 2.59. The van der Waals surface area contributed by atoms with E-state index in [-0.39, 0.29) is 12.5 Å². The normalized spacial score (nSPS) is 24.9. The van der Waals surface area contributed by atoms with Gasteiger partial charge in [0.2, 0.25) is 0 Å². The summed E-state index contributed by atoms with van der Waals surface area (Å²) in [6, 6.07) is 10.9. The number of hydrogen-bond acceptors (Lipinski definition) is 3. The van der Waals surface area contributed by atoms with E-state index in [2.05, 4.69) is 29.3 Å². The zero-order valence-corrected chi connectivity index (χ0v) is 11.4. The summed E-state index contributed by atoms with van der Waals surface area (Å²) in [5.41, 5.74) is 1.28. The number of aliphatic carboxylic acids is 1. The van der Waals surface area contributed by atoms with Gasteiger partial charge in [-0.2, -0.15) is 0 Å². The van der Waals surface area contributed by atoms with Gasteiger partial charge in [0.15, 0.2) is 0 Å². The molecule has 0 aromatic heterocycles. The molecular formula is C15H22N2O2. The van der Waals surface area contributed by atoms with Gasteiger partial charge in [0.05, 0.1) is 6.42 Å². The van der Waals surface area contributed by atoms with E-state index in [9.17, 15) is 4.79 Å². The Labute approximate surface area is 114 Å². The van der Waals surface area contributed by atoms with Gasteiger partial charge in [0.25, 0.3) is 0 Å². The molecule has 2 N–H and O–H groups in total. The third kappa shape index (κ3) is 4.33. The number of rotatable bonds is 4. The van der Waals surface area contributed by atoms with Crippen LogP contribution in [0.3, 0.4) is 0 Å². The first-order valence-corrected chi connectivity index (χ1v) is 6.88. The van der Waals surface area contributed by atoms with Gasteiger partial charge in [0, 0.05) is 25.2 Å². The second kappa shape index (κ2) is 6.68. The minimum absolute atomic E-state index is 0.0474. The van der Waals surface area contributed by atoms with Crippen molar-refractivity contribution in [2.45, 2.75) is 38.4 Å². The van der Waals surface area contributed by atoms with Crippen LogP contribution >= 0.6 is 0 Å². The first-order valence-electron chi connectivity index (χ1n) is 6.88. The van der Waals surface area contributed by atoms with Crippen molar-refractivity contribution >= 4 is 5.97 Å². The van der Waals surface area contributed by atoms with Crippen molar-refractivity contribution in [2.75, 3.05) is 13.1 Å². The van der Waals surface area contributed by atoms with E-state index in [1.165, 1.54) is 5.56 Å². The second-order valence-electron chi connectivity index (χ2n) is 5.30. The minimum atomic E-state index is -0.730. The molecule has 1 aromatic carbocycles. The Morgan fingerprint density at radius 2 is 2.16 bits per heavy atom. The van der Waals surface area contributed by atoms with Gasteiger partial charge < -0.3 is 10.4 Å². The van der Waals surface area contributed by atoms with Crippen LogP contribution in [0.1, 0.15) is 25.3 Å². The Kier molecular flexibility index (Phi) is 4.93. The molecule has 2 rings (SSSR count). The SMILES string of the molecule is CC1CCNC(CC(=O)O)CN1Cc1ccccc1. The van der Waals surface area contributed by atoms with Crippen molar-refractivity contribution in [3.8, 4) is 0 Å². The predicted molar refractivity (Wildman–Crippen MR) is 75.0 cm³/mol. The number of carboxylic acid groups (broad SMARTS) is 1. The maximum Gasteiger partial charge on any atom is 0.304 e. The zero-order valence-electron chi connectivity index (χ0n) is 11.4. The highest BCUT2D eigenvalue weighted by atomic mass is 16.4. The number of nitrogens with zero attached hydrogens (tertiary/aromatic N) is 1. The van der Waals surface area contributed by atoms with Crippen LogP contribution < -0.4 is 5.32 Å². The van der Waals surface area contributed by atoms with Gasteiger partial charge in [-0.15, -0.1) is 0 Å². The van der Waals surface area contributed by atoms with Gasteiger partial charge >= 0.3 is 5.97 Å². The number of carbonyl (C=O) groups is 1. The fraction of sp³-hybridized carbons (Fsp3) is 0.533. The monoisotopic (exact) mass is 262 g/mol. The van der Waals surface area contributed by atoms with Gasteiger partial charge in [0.1, 0.15) is 0 Å². The Bertz CT molecular complexity index is 408. The standard InChI is InChI=1S/C15H22N2O2/c1-12-7-8-16-14(9-15(18)19)11-17(12)10-13-5-3-2-4-6-13/h2-6,12,14,16H,7-11H2,1H3,(H,18,19). The van der Waals surface area contributed by atoms with Crippen molar-refractivity contribution in [2.24, 2.45) is 0 Å². The van der Waals surface area contributed by atoms with Crippen LogP contribution in [0.15, 0.2) is 30.3 Å². The summed E-state index contributed by atoms with van der Waals surface area (Å²) < 4.78 is 0. The highest BCUT2D eigenvalue weighted by Crippen LogP contribution is 2.14. The maximum absolute atomic E-state index is 10.9. The van der Waals surface area contributed by atoms with Crippen LogP contribution in [0.4, 0.5) is 0 Å². The average Bonchev–Trinajstić information content (AvgIpc) is 2.53. The fourth-order valence-electron chi connectivity index (χ4n) is 2.59. The molecule has 4 nitrogen and oxygen atoms in total. The molecule has 19 heavy (non-hydrogen) atoms. The van der Waals surface area contributed by atoms with E-state index in [1.807, 2.05) is 18.2 Å². The molecule has 1 saturated heterocycles. The zero-order chi connectivity index (χ0) is 13.7. The third-order valence-corrected chi connectivity index (χ3v) is 3.72. The Balaban J connectivity index is 2.01. The van der Waals surface area contributed by atoms with Crippen LogP contribution in [-0.4, -0.2) is 41.1 Å². The Hall–Kier alpha value is -1.39. The highest BCUT2D eigenvalue weighted by Gasteiger charge is 2.24. The lowest BCUT2D eigenvalue weighted by Gasteiger charge is -2.28. The molecule has 1 aromatic rings. The number of nitrogens with one attached hydrogen (secondary N) is 1. The molecule has 1 heterocycles. The number of benzene rings is 1. The molecule has 0 amide bonds. The summed E-state index contributed by atoms with van der Waals surface area (Å²) >= 11 is 0. The minimum Gasteiger partial charge on any atom is -0.481 e. The Morgan fingerprint density at radius 1 is 1.42 bits per heavy atom. The molecule has 0 bridgehead atoms. The van der Waals surface area contributed by atoms with Gasteiger partial charge in [-0.3, -0.25) is 9.69 Å². The topological polar surface area (TPSA) is 52.6 Å². The summed E-state index contributed by atoms with van der Waals surface area (Å²) in [6.07, 6.45) is 1.25. The molecule has 0 saturated carbocycles.